The van der Waals surface area contributed by atoms with Crippen LogP contribution in [0.25, 0.3) is 0 Å². The molecule has 0 bridgehead atoms. The van der Waals surface area contributed by atoms with E-state index in [2.05, 4.69) is 4.72 Å². The summed E-state index contributed by atoms with van der Waals surface area (Å²) in [4.78, 5) is 11.0. The van der Waals surface area contributed by atoms with E-state index in [-0.39, 0.29) is 12.5 Å². The molecule has 0 spiro atoms. The van der Waals surface area contributed by atoms with Gasteiger partial charge in [-0.05, 0) is 20.3 Å². The number of nitrogens with zero attached hydrogens (tertiary/aromatic N) is 1. The molecule has 1 aliphatic carbocycles. The van der Waals surface area contributed by atoms with Gasteiger partial charge in [-0.25, -0.2) is 13.1 Å². The molecule has 2 atom stereocenters. The molecule has 1 rings (SSSR count). The normalized spacial score (nSPS) is 29.9. The number of amides is 1. The number of hydrogen-bond donors (Lipinski definition) is 2. The number of nitrogens with one attached hydrogen (secondary N) is 1. The predicted octanol–water partition coefficient (Wildman–Crippen LogP) is -0.918. The van der Waals surface area contributed by atoms with E-state index in [0.29, 0.717) is 0 Å². The van der Waals surface area contributed by atoms with Crippen molar-refractivity contribution >= 4 is 15.9 Å². The number of nitrogens with two attached hydrogens (primary N) is 1. The van der Waals surface area contributed by atoms with Gasteiger partial charge in [0.15, 0.2) is 5.41 Å². The zero-order valence-electron chi connectivity index (χ0n) is 8.52. The minimum absolute atomic E-state index is 0.0130. The van der Waals surface area contributed by atoms with E-state index in [0.717, 1.165) is 0 Å². The van der Waals surface area contributed by atoms with Gasteiger partial charge in [0, 0.05) is 6.04 Å². The highest BCUT2D eigenvalue weighted by atomic mass is 32.2. The van der Waals surface area contributed by atoms with Crippen LogP contribution >= 0.6 is 0 Å². The Kier molecular flexibility index (Phi) is 2.76. The Hall–Kier alpha value is -1.13. The summed E-state index contributed by atoms with van der Waals surface area (Å²) in [5.41, 5.74) is 3.48. The summed E-state index contributed by atoms with van der Waals surface area (Å²) in [6.45, 7) is 3.33. The number of carbonyl (C=O) groups excluding carboxylic acids is 1. The molecule has 0 heterocycles. The average Bonchev–Trinajstić information content (AvgIpc) is 2.77. The van der Waals surface area contributed by atoms with Crippen LogP contribution in [0.2, 0.25) is 0 Å². The van der Waals surface area contributed by atoms with Gasteiger partial charge in [-0.3, -0.25) is 4.79 Å². The largest absolute Gasteiger partial charge is 0.368 e. The number of rotatable bonds is 4. The van der Waals surface area contributed by atoms with E-state index < -0.39 is 26.6 Å². The van der Waals surface area contributed by atoms with Crippen LogP contribution in [0.15, 0.2) is 0 Å². The number of sulfonamides is 1. The summed E-state index contributed by atoms with van der Waals surface area (Å²) < 4.78 is 25.6. The minimum atomic E-state index is -3.62. The Morgan fingerprint density at radius 1 is 1.67 bits per heavy atom. The maximum absolute atomic E-state index is 11.6. The van der Waals surface area contributed by atoms with Crippen LogP contribution in [-0.2, 0) is 14.8 Å². The number of primary amides is 1. The fraction of sp³-hybridized carbons (Fsp3) is 0.750. The fourth-order valence-electron chi connectivity index (χ4n) is 1.45. The summed E-state index contributed by atoms with van der Waals surface area (Å²) in [7, 11) is -3.62. The lowest BCUT2D eigenvalue weighted by atomic mass is 10.1. The van der Waals surface area contributed by atoms with Crippen molar-refractivity contribution in [3.63, 3.8) is 0 Å². The lowest BCUT2D eigenvalue weighted by molar-refractivity contribution is -0.121. The Bertz CT molecular complexity index is 423. The van der Waals surface area contributed by atoms with Crippen molar-refractivity contribution in [1.29, 1.82) is 5.26 Å². The molecule has 0 radical (unpaired) electrons. The molecule has 84 valence electrons. The quantitative estimate of drug-likeness (QED) is 0.651. The van der Waals surface area contributed by atoms with Crippen LogP contribution in [0.3, 0.4) is 0 Å². The fourth-order valence-corrected chi connectivity index (χ4v) is 3.45. The maximum atomic E-state index is 11.6. The van der Waals surface area contributed by atoms with Gasteiger partial charge < -0.3 is 5.73 Å². The first-order valence-corrected chi connectivity index (χ1v) is 6.03. The van der Waals surface area contributed by atoms with Gasteiger partial charge in [0.25, 0.3) is 0 Å². The summed E-state index contributed by atoms with van der Waals surface area (Å²) in [5, 5.41) is 7.75. The van der Waals surface area contributed by atoms with Gasteiger partial charge in [0.1, 0.15) is 5.25 Å². The number of hydrogen-bond acceptors (Lipinski definition) is 4. The molecule has 7 heteroatoms. The molecule has 1 amide bonds. The third-order valence-electron chi connectivity index (χ3n) is 2.31. The van der Waals surface area contributed by atoms with Gasteiger partial charge in [0.2, 0.25) is 15.9 Å². The molecule has 15 heavy (non-hydrogen) atoms. The van der Waals surface area contributed by atoms with Crippen LogP contribution in [0.5, 0.6) is 0 Å². The molecule has 1 aliphatic rings. The molecule has 3 N–H and O–H groups in total. The Balaban J connectivity index is 2.89. The highest BCUT2D eigenvalue weighted by molar-refractivity contribution is 7.90. The van der Waals surface area contributed by atoms with Crippen molar-refractivity contribution < 1.29 is 13.2 Å². The molecule has 6 nitrogen and oxygen atoms in total. The Morgan fingerprint density at radius 2 is 2.20 bits per heavy atom. The standard InChI is InChI=1S/C8H13N3O3S/c1-5(2)11-15(13,14)6-3-8(6,4-9)7(10)12/h5-6,11H,3H2,1-2H3,(H2,10,12)/t6-,8+/m0/s1. The first-order chi connectivity index (χ1) is 6.76. The molecule has 0 aromatic heterocycles. The molecule has 0 aromatic carbocycles. The van der Waals surface area contributed by atoms with E-state index in [9.17, 15) is 13.2 Å². The highest BCUT2D eigenvalue weighted by Gasteiger charge is 2.66. The predicted molar refractivity (Wildman–Crippen MR) is 52.8 cm³/mol. The first kappa shape index (κ1) is 11.9. The van der Waals surface area contributed by atoms with E-state index in [1.807, 2.05) is 0 Å². The van der Waals surface area contributed by atoms with E-state index in [4.69, 9.17) is 11.0 Å². The van der Waals surface area contributed by atoms with Crippen molar-refractivity contribution in [2.24, 2.45) is 11.1 Å². The van der Waals surface area contributed by atoms with Crippen LogP contribution in [0.4, 0.5) is 0 Å². The van der Waals surface area contributed by atoms with E-state index in [1.165, 1.54) is 0 Å². The third kappa shape index (κ3) is 1.96. The summed E-state index contributed by atoms with van der Waals surface area (Å²) in [6, 6.07) is 1.42. The van der Waals surface area contributed by atoms with Crippen molar-refractivity contribution in [1.82, 2.24) is 4.72 Å². The molecule has 0 aromatic rings. The van der Waals surface area contributed by atoms with Gasteiger partial charge in [0.05, 0.1) is 6.07 Å². The van der Waals surface area contributed by atoms with Crippen LogP contribution in [0.1, 0.15) is 20.3 Å². The average molecular weight is 231 g/mol. The Labute approximate surface area is 88.5 Å². The molecule has 0 unspecified atom stereocenters. The van der Waals surface area contributed by atoms with E-state index >= 15 is 0 Å². The smallest absolute Gasteiger partial charge is 0.239 e. The lowest BCUT2D eigenvalue weighted by Gasteiger charge is -2.10. The third-order valence-corrected chi connectivity index (χ3v) is 4.43. The zero-order chi connectivity index (χ0) is 11.9. The molecule has 0 aliphatic heterocycles. The maximum Gasteiger partial charge on any atom is 0.239 e. The van der Waals surface area contributed by atoms with Crippen LogP contribution < -0.4 is 10.5 Å². The second-order valence-electron chi connectivity index (χ2n) is 3.96. The van der Waals surface area contributed by atoms with Gasteiger partial charge in [-0.2, -0.15) is 5.26 Å². The second-order valence-corrected chi connectivity index (χ2v) is 5.85. The number of carbonyl (C=O) groups is 1. The molecule has 1 saturated carbocycles. The van der Waals surface area contributed by atoms with Gasteiger partial charge >= 0.3 is 0 Å². The minimum Gasteiger partial charge on any atom is -0.368 e. The van der Waals surface area contributed by atoms with Crippen LogP contribution in [-0.4, -0.2) is 25.6 Å². The summed E-state index contributed by atoms with van der Waals surface area (Å²) in [5.74, 6) is -0.871. The highest BCUT2D eigenvalue weighted by Crippen LogP contribution is 2.49. The van der Waals surface area contributed by atoms with Crippen molar-refractivity contribution in [2.75, 3.05) is 0 Å². The van der Waals surface area contributed by atoms with Crippen molar-refractivity contribution in [3.8, 4) is 6.07 Å². The molecule has 0 saturated heterocycles. The second kappa shape index (κ2) is 3.47. The summed E-state index contributed by atoms with van der Waals surface area (Å²) >= 11 is 0. The molecular formula is C8H13N3O3S. The van der Waals surface area contributed by atoms with E-state index in [1.54, 1.807) is 19.9 Å². The van der Waals surface area contributed by atoms with Gasteiger partial charge in [-0.1, -0.05) is 0 Å². The molecule has 1 fully saturated rings. The first-order valence-electron chi connectivity index (χ1n) is 4.48. The topological polar surface area (TPSA) is 113 Å². The van der Waals surface area contributed by atoms with Crippen molar-refractivity contribution in [3.05, 3.63) is 0 Å². The molecular weight excluding hydrogens is 218 g/mol. The van der Waals surface area contributed by atoms with Gasteiger partial charge in [-0.15, -0.1) is 0 Å². The zero-order valence-corrected chi connectivity index (χ0v) is 9.34. The lowest BCUT2D eigenvalue weighted by Crippen LogP contribution is -2.38. The summed E-state index contributed by atoms with van der Waals surface area (Å²) in [6.07, 6.45) is -0.0130. The number of nitriles is 1. The SMILES string of the molecule is CC(C)NS(=O)(=O)[C@H]1C[C@]1(C#N)C(N)=O. The van der Waals surface area contributed by atoms with Crippen molar-refractivity contribution in [2.45, 2.75) is 31.6 Å². The monoisotopic (exact) mass is 231 g/mol. The van der Waals surface area contributed by atoms with Crippen LogP contribution in [0, 0.1) is 16.7 Å². The Morgan fingerprint density at radius 3 is 2.47 bits per heavy atom.